The van der Waals surface area contributed by atoms with E-state index in [9.17, 15) is 107 Å². The van der Waals surface area contributed by atoms with Gasteiger partial charge in [-0.2, -0.15) is 0 Å². The first-order valence-corrected chi connectivity index (χ1v) is 22.8. The summed E-state index contributed by atoms with van der Waals surface area (Å²) in [6, 6.07) is 9.85. The van der Waals surface area contributed by atoms with Gasteiger partial charge in [0.25, 0.3) is 0 Å². The van der Waals surface area contributed by atoms with E-state index >= 15 is 9.59 Å². The SMILES string of the molecule is O=C(C=Cc1ccc(O)cc1)C1=C(O)C2=C(O[C@H]([C@@H](O)[C@H](O)[C@H](O)CO)[C@@H]2C2=C(O)C(=C(O)C=Cc3ccc(O)cc3)C(=O)[C@](O)([C@@H]3O[C@H](CO)[C@@H](O)[C@H](O)[C@H]3O)C2=O)[C@@](O)([C@H]2O[C@@H](CO)[C@H](O)[C@@H](CO)[C@@H]2O)C1=O. The first-order valence-electron chi connectivity index (χ1n) is 22.8. The van der Waals surface area contributed by atoms with Gasteiger partial charge in [0.05, 0.1) is 50.1 Å². The highest BCUT2D eigenvalue weighted by Crippen LogP contribution is 2.55. The summed E-state index contributed by atoms with van der Waals surface area (Å²) in [5, 5.41) is 211. The Morgan fingerprint density at radius 1 is 0.613 bits per heavy atom. The molecular formula is C49H54O26. The molecule has 2 saturated heterocycles. The van der Waals surface area contributed by atoms with Crippen LogP contribution in [0.1, 0.15) is 11.1 Å². The number of ether oxygens (including phenoxy) is 3. The lowest BCUT2D eigenvalue weighted by atomic mass is 9.65. The fourth-order valence-electron chi connectivity index (χ4n) is 9.78. The van der Waals surface area contributed by atoms with Crippen LogP contribution in [0, 0.1) is 11.8 Å². The number of rotatable bonds is 15. The minimum atomic E-state index is -4.12. The first kappa shape index (κ1) is 56.4. The summed E-state index contributed by atoms with van der Waals surface area (Å²) in [6.07, 6.45) is -28.6. The molecule has 5 aliphatic rings. The molecule has 0 spiro atoms. The van der Waals surface area contributed by atoms with Crippen molar-refractivity contribution in [1.29, 1.82) is 0 Å². The number of hydrogen-bond acceptors (Lipinski definition) is 26. The van der Waals surface area contributed by atoms with E-state index in [1.165, 1.54) is 48.5 Å². The van der Waals surface area contributed by atoms with Crippen LogP contribution in [0.25, 0.3) is 12.2 Å². The minimum absolute atomic E-state index is 0.150. The van der Waals surface area contributed by atoms with Crippen molar-refractivity contribution in [3.8, 4) is 11.5 Å². The number of allylic oxidation sites excluding steroid dienone is 4. The number of carbonyl (C=O) groups is 4. The number of phenols is 2. The molecule has 19 N–H and O–H groups in total. The van der Waals surface area contributed by atoms with Crippen LogP contribution in [0.3, 0.4) is 0 Å². The predicted octanol–water partition coefficient (Wildman–Crippen LogP) is -5.70. The maximum absolute atomic E-state index is 15.4. The Kier molecular flexibility index (Phi) is 16.4. The van der Waals surface area contributed by atoms with Crippen molar-refractivity contribution in [3.63, 3.8) is 0 Å². The Labute approximate surface area is 422 Å². The van der Waals surface area contributed by atoms with Crippen LogP contribution >= 0.6 is 0 Å². The Balaban J connectivity index is 1.58. The molecule has 2 aromatic rings. The number of Topliss-reactive ketones (excluding diaryl/α,β-unsaturated/α-hetero) is 3. The molecule has 26 heteroatoms. The van der Waals surface area contributed by atoms with Gasteiger partial charge in [0.1, 0.15) is 113 Å². The van der Waals surface area contributed by atoms with Crippen LogP contribution in [0.5, 0.6) is 11.5 Å². The van der Waals surface area contributed by atoms with Gasteiger partial charge in [0, 0.05) is 11.5 Å². The molecule has 26 nitrogen and oxygen atoms in total. The van der Waals surface area contributed by atoms with E-state index in [4.69, 9.17) is 14.2 Å². The van der Waals surface area contributed by atoms with Crippen molar-refractivity contribution in [3.05, 3.63) is 117 Å². The average Bonchev–Trinajstić information content (AvgIpc) is 3.80. The summed E-state index contributed by atoms with van der Waals surface area (Å²) >= 11 is 0. The van der Waals surface area contributed by atoms with Crippen LogP contribution in [0.2, 0.25) is 0 Å². The predicted molar refractivity (Wildman–Crippen MR) is 246 cm³/mol. The van der Waals surface area contributed by atoms with Gasteiger partial charge in [0.2, 0.25) is 28.6 Å². The van der Waals surface area contributed by atoms with E-state index in [0.29, 0.717) is 12.2 Å². The van der Waals surface area contributed by atoms with Gasteiger partial charge < -0.3 is 111 Å². The summed E-state index contributed by atoms with van der Waals surface area (Å²) < 4.78 is 17.1. The molecule has 0 bridgehead atoms. The summed E-state index contributed by atoms with van der Waals surface area (Å²) in [7, 11) is 0. The standard InChI is InChI=1S/C49H54O26/c50-13-21-32(59)25(15-52)73-46(33(21)60)49(72)43(69)28(23(57)12-6-18-3-9-20(55)10-4-18)37(64)31-29(41(75-45(31)49)39(66)34(61)24(58)14-51)30-36(63)27(22(56)11-5-17-1-7-19(54)8-2-17)42(68)48(71,44(30)70)47-40(67)38(65)35(62)26(16-53)74-47/h1-12,21,24-26,29,32-35,38-41,46-47,50-56,58-67,71-72H,13-16H2/t21-,24-,25+,26-,29-,32-,33+,34-,35-,38+,39+,40-,41+,46+,47-,48-,49-/m1/s1. The molecule has 17 atom stereocenters. The maximum Gasteiger partial charge on any atom is 0.219 e. The van der Waals surface area contributed by atoms with Crippen molar-refractivity contribution >= 4 is 35.3 Å². The molecule has 0 radical (unpaired) electrons. The molecular weight excluding hydrogens is 1000 g/mol. The third-order valence-electron chi connectivity index (χ3n) is 13.9. The fraction of sp³-hybridized carbons (Fsp3) is 0.429. The van der Waals surface area contributed by atoms with Crippen LogP contribution in [0.15, 0.2) is 106 Å². The van der Waals surface area contributed by atoms with Gasteiger partial charge in [-0.15, -0.1) is 0 Å². The van der Waals surface area contributed by atoms with Crippen molar-refractivity contribution in [1.82, 2.24) is 0 Å². The van der Waals surface area contributed by atoms with E-state index in [0.717, 1.165) is 12.2 Å². The lowest BCUT2D eigenvalue weighted by molar-refractivity contribution is -0.260. The second-order valence-corrected chi connectivity index (χ2v) is 18.4. The first-order chi connectivity index (χ1) is 35.4. The molecule has 406 valence electrons. The van der Waals surface area contributed by atoms with Crippen molar-refractivity contribution in [2.75, 3.05) is 26.4 Å². The maximum atomic E-state index is 15.4. The lowest BCUT2D eigenvalue weighted by Gasteiger charge is -2.48. The second-order valence-electron chi connectivity index (χ2n) is 18.4. The molecule has 0 amide bonds. The summed E-state index contributed by atoms with van der Waals surface area (Å²) in [5.41, 5.74) is -13.6. The number of aliphatic hydroxyl groups excluding tert-OH is 15. The monoisotopic (exact) mass is 1060 g/mol. The number of aromatic hydroxyl groups is 2. The zero-order valence-electron chi connectivity index (χ0n) is 38.8. The largest absolute Gasteiger partial charge is 0.508 e. The molecule has 3 aliphatic heterocycles. The molecule has 0 saturated carbocycles. The topological polar surface area (TPSA) is 480 Å². The molecule has 75 heavy (non-hydrogen) atoms. The number of carbonyl (C=O) groups excluding carboxylic acids is 4. The molecule has 7 rings (SSSR count). The van der Waals surface area contributed by atoms with E-state index in [1.54, 1.807) is 0 Å². The normalized spacial score (nSPS) is 35.5. The highest BCUT2D eigenvalue weighted by Gasteiger charge is 2.70. The van der Waals surface area contributed by atoms with E-state index in [1.807, 2.05) is 0 Å². The molecule has 0 aromatic heterocycles. The minimum Gasteiger partial charge on any atom is -0.508 e. The number of ketones is 4. The van der Waals surface area contributed by atoms with Crippen LogP contribution in [0.4, 0.5) is 0 Å². The number of benzene rings is 2. The van der Waals surface area contributed by atoms with Gasteiger partial charge in [-0.25, -0.2) is 0 Å². The quantitative estimate of drug-likeness (QED) is 0.0342. The number of aliphatic hydroxyl groups is 17. The molecule has 3 heterocycles. The highest BCUT2D eigenvalue weighted by atomic mass is 16.6. The fourth-order valence-corrected chi connectivity index (χ4v) is 9.78. The average molecular weight is 1060 g/mol. The summed E-state index contributed by atoms with van der Waals surface area (Å²) in [4.78, 5) is 59.6. The van der Waals surface area contributed by atoms with Gasteiger partial charge >= 0.3 is 0 Å². The molecule has 2 aromatic carbocycles. The van der Waals surface area contributed by atoms with Crippen LogP contribution in [-0.4, -0.2) is 237 Å². The van der Waals surface area contributed by atoms with Crippen molar-refractivity contribution < 1.29 is 130 Å². The Morgan fingerprint density at radius 3 is 1.65 bits per heavy atom. The van der Waals surface area contributed by atoms with Gasteiger partial charge in [0.15, 0.2) is 5.78 Å². The summed E-state index contributed by atoms with van der Waals surface area (Å²) in [6.45, 7) is -4.95. The van der Waals surface area contributed by atoms with E-state index in [2.05, 4.69) is 0 Å². The number of hydrogen-bond donors (Lipinski definition) is 19. The molecule has 2 aliphatic carbocycles. The Hall–Kier alpha value is -6.28. The number of phenolic OH excluding ortho intramolecular Hbond substituents is 2. The molecule has 0 unspecified atom stereocenters. The Bertz CT molecular complexity index is 2740. The zero-order chi connectivity index (χ0) is 55.3. The lowest BCUT2D eigenvalue weighted by Crippen LogP contribution is -2.71. The second kappa shape index (κ2) is 21.8. The zero-order valence-corrected chi connectivity index (χ0v) is 38.8. The van der Waals surface area contributed by atoms with Crippen molar-refractivity contribution in [2.24, 2.45) is 11.8 Å². The van der Waals surface area contributed by atoms with Crippen LogP contribution < -0.4 is 0 Å². The summed E-state index contributed by atoms with van der Waals surface area (Å²) in [5.74, 6) is -19.1. The highest BCUT2D eigenvalue weighted by molar-refractivity contribution is 6.30. The van der Waals surface area contributed by atoms with E-state index in [-0.39, 0.29) is 22.6 Å². The van der Waals surface area contributed by atoms with Gasteiger partial charge in [-0.1, -0.05) is 36.4 Å². The third-order valence-corrected chi connectivity index (χ3v) is 13.9. The smallest absolute Gasteiger partial charge is 0.219 e. The van der Waals surface area contributed by atoms with Gasteiger partial charge in [-0.05, 0) is 47.5 Å². The molecule has 2 fully saturated rings. The third kappa shape index (κ3) is 9.47. The van der Waals surface area contributed by atoms with Crippen LogP contribution in [-0.2, 0) is 33.4 Å². The van der Waals surface area contributed by atoms with Crippen molar-refractivity contribution in [2.45, 2.75) is 90.6 Å². The van der Waals surface area contributed by atoms with Gasteiger partial charge in [-0.3, -0.25) is 19.2 Å². The van der Waals surface area contributed by atoms with E-state index < -0.39 is 197 Å². The Morgan fingerprint density at radius 2 is 1.13 bits per heavy atom.